The van der Waals surface area contributed by atoms with E-state index in [2.05, 4.69) is 10.6 Å². The van der Waals surface area contributed by atoms with E-state index in [0.29, 0.717) is 34.9 Å². The number of rotatable bonds is 9. The van der Waals surface area contributed by atoms with E-state index in [-0.39, 0.29) is 17.1 Å². The first kappa shape index (κ1) is 23.2. The molecule has 1 unspecified atom stereocenters. The maximum Gasteiger partial charge on any atom is 0.255 e. The number of anilines is 2. The van der Waals surface area contributed by atoms with Gasteiger partial charge in [0.1, 0.15) is 11.5 Å². The first-order valence-electron chi connectivity index (χ1n) is 10.2. The van der Waals surface area contributed by atoms with Crippen molar-refractivity contribution in [1.82, 2.24) is 0 Å². The predicted octanol–water partition coefficient (Wildman–Crippen LogP) is 5.47. The normalized spacial score (nSPS) is 11.3. The number of hydrogen-bond donors (Lipinski definition) is 2. The molecule has 0 spiro atoms. The number of para-hydroxylation sites is 2. The summed E-state index contributed by atoms with van der Waals surface area (Å²) in [5.41, 5.74) is 1.84. The van der Waals surface area contributed by atoms with Gasteiger partial charge in [-0.15, -0.1) is 11.8 Å². The molecular formula is C25H26N2O4S. The van der Waals surface area contributed by atoms with Crippen LogP contribution in [-0.2, 0) is 4.79 Å². The van der Waals surface area contributed by atoms with Gasteiger partial charge >= 0.3 is 0 Å². The molecule has 0 saturated heterocycles. The van der Waals surface area contributed by atoms with Gasteiger partial charge in [0.2, 0.25) is 5.91 Å². The summed E-state index contributed by atoms with van der Waals surface area (Å²) in [7, 11) is 3.15. The van der Waals surface area contributed by atoms with E-state index in [1.807, 2.05) is 49.4 Å². The lowest BCUT2D eigenvalue weighted by Gasteiger charge is -2.17. The monoisotopic (exact) mass is 450 g/mol. The second-order valence-corrected chi connectivity index (χ2v) is 8.19. The summed E-state index contributed by atoms with van der Waals surface area (Å²) in [5.74, 6) is 0.992. The second-order valence-electron chi connectivity index (χ2n) is 6.91. The highest BCUT2D eigenvalue weighted by Crippen LogP contribution is 2.30. The zero-order chi connectivity index (χ0) is 22.9. The minimum Gasteiger partial charge on any atom is -0.497 e. The van der Waals surface area contributed by atoms with Gasteiger partial charge in [0.15, 0.2) is 0 Å². The number of carbonyl (C=O) groups is 2. The van der Waals surface area contributed by atoms with Crippen LogP contribution in [0.5, 0.6) is 11.5 Å². The standard InChI is InChI=1S/C25H26N2O4S/c1-4-23(25(29)27-21-10-5-6-11-22(21)31-3)32-20-9-7-8-18(16-20)26-24(28)17-12-14-19(30-2)15-13-17/h5-16,23H,4H2,1-3H3,(H,26,28)(H,27,29). The molecule has 0 radical (unpaired) electrons. The van der Waals surface area contributed by atoms with Crippen molar-refractivity contribution in [3.05, 3.63) is 78.4 Å². The fourth-order valence-corrected chi connectivity index (χ4v) is 4.05. The van der Waals surface area contributed by atoms with E-state index in [1.165, 1.54) is 11.8 Å². The maximum absolute atomic E-state index is 12.8. The lowest BCUT2D eigenvalue weighted by molar-refractivity contribution is -0.115. The number of carbonyl (C=O) groups excluding carboxylic acids is 2. The van der Waals surface area contributed by atoms with Crippen molar-refractivity contribution in [3.8, 4) is 11.5 Å². The predicted molar refractivity (Wildman–Crippen MR) is 129 cm³/mol. The molecule has 0 aromatic heterocycles. The Labute approximate surface area is 192 Å². The molecule has 0 aliphatic rings. The van der Waals surface area contributed by atoms with Gasteiger partial charge in [-0.1, -0.05) is 25.1 Å². The van der Waals surface area contributed by atoms with Crippen molar-refractivity contribution in [2.45, 2.75) is 23.5 Å². The van der Waals surface area contributed by atoms with Crippen LogP contribution in [-0.4, -0.2) is 31.3 Å². The Morgan fingerprint density at radius 1 is 0.906 bits per heavy atom. The van der Waals surface area contributed by atoms with Crippen molar-refractivity contribution >= 4 is 35.0 Å². The summed E-state index contributed by atoms with van der Waals surface area (Å²) < 4.78 is 10.4. The fraction of sp³-hybridized carbons (Fsp3) is 0.200. The molecule has 7 heteroatoms. The molecule has 3 rings (SSSR count). The lowest BCUT2D eigenvalue weighted by Crippen LogP contribution is -2.24. The third-order valence-corrected chi connectivity index (χ3v) is 6.11. The molecule has 0 heterocycles. The number of hydrogen-bond acceptors (Lipinski definition) is 5. The molecule has 0 saturated carbocycles. The molecule has 2 amide bonds. The zero-order valence-electron chi connectivity index (χ0n) is 18.3. The number of nitrogens with one attached hydrogen (secondary N) is 2. The van der Waals surface area contributed by atoms with E-state index >= 15 is 0 Å². The summed E-state index contributed by atoms with van der Waals surface area (Å²) in [6, 6.07) is 21.7. The first-order chi connectivity index (χ1) is 15.5. The van der Waals surface area contributed by atoms with E-state index in [4.69, 9.17) is 9.47 Å². The molecule has 1 atom stereocenters. The Morgan fingerprint density at radius 3 is 2.34 bits per heavy atom. The van der Waals surface area contributed by atoms with Gasteiger partial charge in [0.25, 0.3) is 5.91 Å². The fourth-order valence-electron chi connectivity index (χ4n) is 3.04. The van der Waals surface area contributed by atoms with Crippen LogP contribution in [0.4, 0.5) is 11.4 Å². The molecular weight excluding hydrogens is 424 g/mol. The average Bonchev–Trinajstić information content (AvgIpc) is 2.83. The molecule has 6 nitrogen and oxygen atoms in total. The molecule has 166 valence electrons. The van der Waals surface area contributed by atoms with Gasteiger partial charge in [-0.3, -0.25) is 9.59 Å². The van der Waals surface area contributed by atoms with Gasteiger partial charge < -0.3 is 20.1 Å². The highest BCUT2D eigenvalue weighted by molar-refractivity contribution is 8.00. The van der Waals surface area contributed by atoms with Crippen molar-refractivity contribution in [3.63, 3.8) is 0 Å². The Bertz CT molecular complexity index is 1070. The Balaban J connectivity index is 1.66. The zero-order valence-corrected chi connectivity index (χ0v) is 19.1. The molecule has 3 aromatic carbocycles. The summed E-state index contributed by atoms with van der Waals surface area (Å²) in [6.45, 7) is 1.97. The third-order valence-electron chi connectivity index (χ3n) is 4.75. The second kappa shape index (κ2) is 11.2. The van der Waals surface area contributed by atoms with Crippen molar-refractivity contribution in [2.75, 3.05) is 24.9 Å². The van der Waals surface area contributed by atoms with Crippen LogP contribution < -0.4 is 20.1 Å². The van der Waals surface area contributed by atoms with Gasteiger partial charge in [-0.2, -0.15) is 0 Å². The number of amides is 2. The highest BCUT2D eigenvalue weighted by Gasteiger charge is 2.19. The summed E-state index contributed by atoms with van der Waals surface area (Å²) in [5, 5.41) is 5.55. The van der Waals surface area contributed by atoms with E-state index < -0.39 is 0 Å². The summed E-state index contributed by atoms with van der Waals surface area (Å²) >= 11 is 1.45. The van der Waals surface area contributed by atoms with Crippen molar-refractivity contribution < 1.29 is 19.1 Å². The summed E-state index contributed by atoms with van der Waals surface area (Å²) in [6.07, 6.45) is 0.647. The molecule has 0 bridgehead atoms. The first-order valence-corrected chi connectivity index (χ1v) is 11.1. The number of thioether (sulfide) groups is 1. The number of benzene rings is 3. The molecule has 32 heavy (non-hydrogen) atoms. The summed E-state index contributed by atoms with van der Waals surface area (Å²) in [4.78, 5) is 26.3. The van der Waals surface area contributed by atoms with Gasteiger partial charge in [-0.25, -0.2) is 0 Å². The largest absolute Gasteiger partial charge is 0.497 e. The van der Waals surface area contributed by atoms with E-state index in [9.17, 15) is 9.59 Å². The molecule has 0 fully saturated rings. The van der Waals surface area contributed by atoms with Crippen LogP contribution in [0.25, 0.3) is 0 Å². The van der Waals surface area contributed by atoms with E-state index in [0.717, 1.165) is 4.90 Å². The number of methoxy groups -OCH3 is 2. The number of ether oxygens (including phenoxy) is 2. The van der Waals surface area contributed by atoms with Gasteiger partial charge in [0.05, 0.1) is 25.2 Å². The quantitative estimate of drug-likeness (QED) is 0.423. The van der Waals surface area contributed by atoms with Crippen LogP contribution in [0.15, 0.2) is 77.7 Å². The van der Waals surface area contributed by atoms with Crippen molar-refractivity contribution in [1.29, 1.82) is 0 Å². The van der Waals surface area contributed by atoms with E-state index in [1.54, 1.807) is 44.6 Å². The van der Waals surface area contributed by atoms with Crippen LogP contribution in [0.1, 0.15) is 23.7 Å². The van der Waals surface area contributed by atoms with Crippen LogP contribution in [0.2, 0.25) is 0 Å². The average molecular weight is 451 g/mol. The lowest BCUT2D eigenvalue weighted by atomic mass is 10.2. The SMILES string of the molecule is CCC(Sc1cccc(NC(=O)c2ccc(OC)cc2)c1)C(=O)Nc1ccccc1OC. The Morgan fingerprint density at radius 2 is 1.66 bits per heavy atom. The van der Waals surface area contributed by atoms with Crippen LogP contribution in [0.3, 0.4) is 0 Å². The molecule has 0 aliphatic carbocycles. The Kier molecular flexibility index (Phi) is 8.16. The minimum absolute atomic E-state index is 0.102. The Hall–Kier alpha value is -3.45. The van der Waals surface area contributed by atoms with Crippen LogP contribution in [0, 0.1) is 0 Å². The van der Waals surface area contributed by atoms with Gasteiger partial charge in [-0.05, 0) is 61.0 Å². The van der Waals surface area contributed by atoms with Gasteiger partial charge in [0, 0.05) is 16.1 Å². The topological polar surface area (TPSA) is 76.7 Å². The molecule has 3 aromatic rings. The maximum atomic E-state index is 12.8. The van der Waals surface area contributed by atoms with Crippen LogP contribution >= 0.6 is 11.8 Å². The highest BCUT2D eigenvalue weighted by atomic mass is 32.2. The van der Waals surface area contributed by atoms with Crippen molar-refractivity contribution in [2.24, 2.45) is 0 Å². The molecule has 2 N–H and O–H groups in total. The minimum atomic E-state index is -0.299. The smallest absolute Gasteiger partial charge is 0.255 e. The molecule has 0 aliphatic heterocycles. The third kappa shape index (κ3) is 6.04.